The molecule has 0 aliphatic heterocycles. The molecule has 0 radical (unpaired) electrons. The van der Waals surface area contributed by atoms with Crippen LogP contribution in [0.5, 0.6) is 0 Å². The van der Waals surface area contributed by atoms with E-state index in [0.29, 0.717) is 0 Å². The van der Waals surface area contributed by atoms with Gasteiger partial charge in [0.05, 0.1) is 4.90 Å². The molecule has 1 atom stereocenters. The summed E-state index contributed by atoms with van der Waals surface area (Å²) in [4.78, 5) is 21.4. The Labute approximate surface area is 204 Å². The molecule has 3 rings (SSSR count). The maximum atomic E-state index is 14.9. The van der Waals surface area contributed by atoms with Crippen molar-refractivity contribution in [1.29, 1.82) is 0 Å². The van der Waals surface area contributed by atoms with Crippen LogP contribution in [0.1, 0.15) is 6.92 Å². The monoisotopic (exact) mass is 552 g/mol. The van der Waals surface area contributed by atoms with E-state index in [1.54, 1.807) is 0 Å². The van der Waals surface area contributed by atoms with Crippen LogP contribution in [0.25, 0.3) is 22.3 Å². The number of aromatic nitrogens is 2. The molecular weight excluding hydrogens is 537 g/mol. The summed E-state index contributed by atoms with van der Waals surface area (Å²) in [5, 5.41) is 0. The molecule has 2 N–H and O–H groups in total. The minimum absolute atomic E-state index is 0.0319. The minimum atomic E-state index is -5.80. The molecule has 1 aromatic heterocycles. The van der Waals surface area contributed by atoms with E-state index in [1.165, 1.54) is 30.6 Å². The molecule has 1 heterocycles. The first-order chi connectivity index (χ1) is 17.0. The van der Waals surface area contributed by atoms with E-state index in [0.717, 1.165) is 24.3 Å². The lowest BCUT2D eigenvalue weighted by Crippen LogP contribution is -2.49. The predicted octanol–water partition coefficient (Wildman–Crippen LogP) is 4.49. The number of anilines is 1. The Bertz CT molecular complexity index is 1410. The molecule has 2 aromatic carbocycles. The van der Waals surface area contributed by atoms with Gasteiger partial charge >= 0.3 is 18.3 Å². The number of nitrogens with zero attached hydrogens (tertiary/aromatic N) is 3. The largest absolute Gasteiger partial charge is 0.492 e. The van der Waals surface area contributed by atoms with Crippen molar-refractivity contribution in [2.75, 3.05) is 5.73 Å². The van der Waals surface area contributed by atoms with Crippen LogP contribution in [0, 0.1) is 5.82 Å². The van der Waals surface area contributed by atoms with Crippen molar-refractivity contribution in [3.8, 4) is 22.3 Å². The summed E-state index contributed by atoms with van der Waals surface area (Å²) in [6.07, 6.45) is -8.80. The van der Waals surface area contributed by atoms with E-state index in [9.17, 15) is 43.9 Å². The van der Waals surface area contributed by atoms with Gasteiger partial charge < -0.3 is 10.6 Å². The van der Waals surface area contributed by atoms with E-state index in [-0.39, 0.29) is 35.1 Å². The van der Waals surface area contributed by atoms with E-state index in [1.807, 2.05) is 0 Å². The molecule has 0 amide bonds. The van der Waals surface area contributed by atoms with Gasteiger partial charge in [-0.1, -0.05) is 30.3 Å². The van der Waals surface area contributed by atoms with Gasteiger partial charge in [-0.3, -0.25) is 0 Å². The second kappa shape index (κ2) is 9.93. The second-order valence-electron chi connectivity index (χ2n) is 7.38. The van der Waals surface area contributed by atoms with Gasteiger partial charge in [-0.05, 0) is 29.1 Å². The average Bonchev–Trinajstić information content (AvgIpc) is 2.81. The summed E-state index contributed by atoms with van der Waals surface area (Å²) >= 11 is 0. The smallest absolute Gasteiger partial charge is 0.368 e. The fourth-order valence-corrected chi connectivity index (χ4v) is 4.62. The zero-order chi connectivity index (χ0) is 27.8. The lowest BCUT2D eigenvalue weighted by molar-refractivity contribution is -0.253. The molecule has 3 aromatic rings. The van der Waals surface area contributed by atoms with Gasteiger partial charge in [0.15, 0.2) is 6.04 Å². The SMILES string of the molecule is C[C@@H](N(OC(=O)C(F)(F)F)S(=O)(=O)c1ccccc1-c1ccc(-c2cnc(N)nc2)c(F)c1)C(F)(F)F. The fourth-order valence-electron chi connectivity index (χ4n) is 3.01. The lowest BCUT2D eigenvalue weighted by Gasteiger charge is -2.28. The van der Waals surface area contributed by atoms with Crippen LogP contribution in [0.15, 0.2) is 59.8 Å². The number of hydroxylamine groups is 1. The number of halogens is 7. The van der Waals surface area contributed by atoms with Crippen LogP contribution in [0.2, 0.25) is 0 Å². The second-order valence-corrected chi connectivity index (χ2v) is 9.13. The van der Waals surface area contributed by atoms with E-state index < -0.39 is 49.6 Å². The molecule has 37 heavy (non-hydrogen) atoms. The zero-order valence-electron chi connectivity index (χ0n) is 18.4. The number of rotatable bonds is 6. The number of sulfonamides is 1. The third-order valence-corrected chi connectivity index (χ3v) is 6.64. The Morgan fingerprint density at radius 3 is 2.11 bits per heavy atom. The number of alkyl halides is 6. The highest BCUT2D eigenvalue weighted by Gasteiger charge is 2.52. The molecule has 0 fully saturated rings. The maximum absolute atomic E-state index is 14.9. The Morgan fingerprint density at radius 2 is 1.57 bits per heavy atom. The number of nitrogen functional groups attached to an aromatic ring is 1. The van der Waals surface area contributed by atoms with Crippen molar-refractivity contribution >= 4 is 21.9 Å². The van der Waals surface area contributed by atoms with Gasteiger partial charge in [0.1, 0.15) is 5.82 Å². The Hall–Kier alpha value is -3.79. The summed E-state index contributed by atoms with van der Waals surface area (Å²) in [7, 11) is -5.58. The number of benzene rings is 2. The van der Waals surface area contributed by atoms with Gasteiger partial charge in [-0.25, -0.2) is 27.6 Å². The van der Waals surface area contributed by atoms with E-state index in [4.69, 9.17) is 5.73 Å². The number of nitrogens with two attached hydrogens (primary N) is 1. The fraction of sp³-hybridized carbons (Fsp3) is 0.190. The van der Waals surface area contributed by atoms with Crippen LogP contribution in [0.4, 0.5) is 36.7 Å². The standard InChI is InChI=1S/C21H15F7N4O4S/c1-11(20(23,24)25)32(36-18(33)21(26,27)28)37(34,35)17-5-3-2-4-15(17)12-6-7-14(16(22)8-12)13-9-30-19(29)31-10-13/h2-11H,1H3,(H2,29,30,31)/t11-/m1/s1. The predicted molar refractivity (Wildman–Crippen MR) is 114 cm³/mol. The number of hydrogen-bond donors (Lipinski definition) is 1. The maximum Gasteiger partial charge on any atom is 0.492 e. The highest BCUT2D eigenvalue weighted by atomic mass is 32.2. The highest BCUT2D eigenvalue weighted by Crippen LogP contribution is 2.36. The molecule has 8 nitrogen and oxygen atoms in total. The lowest BCUT2D eigenvalue weighted by atomic mass is 10.0. The van der Waals surface area contributed by atoms with Crippen LogP contribution in [-0.4, -0.2) is 47.2 Å². The van der Waals surface area contributed by atoms with Gasteiger partial charge in [-0.15, -0.1) is 0 Å². The van der Waals surface area contributed by atoms with E-state index in [2.05, 4.69) is 14.8 Å². The van der Waals surface area contributed by atoms with Crippen molar-refractivity contribution in [1.82, 2.24) is 14.4 Å². The van der Waals surface area contributed by atoms with Crippen LogP contribution in [-0.2, 0) is 19.7 Å². The summed E-state index contributed by atoms with van der Waals surface area (Å²) in [6, 6.07) is 4.21. The molecule has 0 bridgehead atoms. The minimum Gasteiger partial charge on any atom is -0.368 e. The molecule has 198 valence electrons. The Balaban J connectivity index is 2.12. The molecule has 0 saturated heterocycles. The van der Waals surface area contributed by atoms with Gasteiger partial charge in [0.2, 0.25) is 5.95 Å². The van der Waals surface area contributed by atoms with E-state index >= 15 is 0 Å². The Morgan fingerprint density at radius 1 is 0.973 bits per heavy atom. The topological polar surface area (TPSA) is 115 Å². The average molecular weight is 552 g/mol. The number of carbonyl (C=O) groups is 1. The third-order valence-electron chi connectivity index (χ3n) is 4.86. The molecule has 0 aliphatic rings. The third kappa shape index (κ3) is 5.96. The first kappa shape index (κ1) is 27.8. The van der Waals surface area contributed by atoms with Crippen LogP contribution >= 0.6 is 0 Å². The first-order valence-electron chi connectivity index (χ1n) is 9.90. The molecular formula is C21H15F7N4O4S. The quantitative estimate of drug-likeness (QED) is 0.354. The Kier molecular flexibility index (Phi) is 7.46. The highest BCUT2D eigenvalue weighted by molar-refractivity contribution is 7.89. The van der Waals surface area contributed by atoms with Crippen molar-refractivity contribution in [2.45, 2.75) is 30.2 Å². The van der Waals surface area contributed by atoms with Gasteiger partial charge in [0.25, 0.3) is 10.0 Å². The molecule has 0 saturated carbocycles. The van der Waals surface area contributed by atoms with Crippen molar-refractivity contribution in [2.24, 2.45) is 0 Å². The summed E-state index contributed by atoms with van der Waals surface area (Å²) in [5.74, 6) is -4.18. The van der Waals surface area contributed by atoms with Crippen molar-refractivity contribution < 1.29 is 48.8 Å². The normalized spacial score (nSPS) is 13.4. The number of carbonyl (C=O) groups excluding carboxylic acids is 1. The first-order valence-corrected chi connectivity index (χ1v) is 11.3. The molecule has 0 spiro atoms. The number of hydrogen-bond acceptors (Lipinski definition) is 7. The van der Waals surface area contributed by atoms with Gasteiger partial charge in [0, 0.05) is 29.1 Å². The van der Waals surface area contributed by atoms with Gasteiger partial charge in [-0.2, -0.15) is 26.3 Å². The summed E-state index contributed by atoms with van der Waals surface area (Å²) in [5.41, 5.74) is 5.00. The molecule has 16 heteroatoms. The molecule has 0 unspecified atom stereocenters. The molecule has 0 aliphatic carbocycles. The van der Waals surface area contributed by atoms with Crippen molar-refractivity contribution in [3.63, 3.8) is 0 Å². The zero-order valence-corrected chi connectivity index (χ0v) is 19.2. The summed E-state index contributed by atoms with van der Waals surface area (Å²) < 4.78 is 118. The summed E-state index contributed by atoms with van der Waals surface area (Å²) in [6.45, 7) is 0.187. The van der Waals surface area contributed by atoms with Crippen LogP contribution < -0.4 is 5.73 Å². The van der Waals surface area contributed by atoms with Crippen molar-refractivity contribution in [3.05, 3.63) is 60.7 Å². The van der Waals surface area contributed by atoms with Crippen LogP contribution in [0.3, 0.4) is 0 Å².